The lowest BCUT2D eigenvalue weighted by molar-refractivity contribution is 0.0572. The summed E-state index contributed by atoms with van der Waals surface area (Å²) in [6.07, 6.45) is -1.71. The largest absolute Gasteiger partial charge is 0.399 e. The number of carbonyl (C=O) groups is 1. The molecule has 2 atom stereocenters. The van der Waals surface area contributed by atoms with Gasteiger partial charge in [0.1, 0.15) is 0 Å². The van der Waals surface area contributed by atoms with Gasteiger partial charge in [-0.25, -0.2) is 0 Å². The standard InChI is InChI=1S/C12H16N2O3/c1-7-4-8(13)2-3-9(7)12(17)14-5-10(15)11(16)6-14/h2-4,10-11,15-16H,5-6,13H2,1H3/t10-,11+. The lowest BCUT2D eigenvalue weighted by atomic mass is 10.1. The second kappa shape index (κ2) is 4.35. The molecule has 1 amide bonds. The number of aliphatic hydroxyl groups is 2. The minimum Gasteiger partial charge on any atom is -0.399 e. The van der Waals surface area contributed by atoms with Crippen LogP contribution >= 0.6 is 0 Å². The average Bonchev–Trinajstić information content (AvgIpc) is 2.58. The Balaban J connectivity index is 2.20. The SMILES string of the molecule is Cc1cc(N)ccc1C(=O)N1C[C@@H](O)[C@@H](O)C1. The van der Waals surface area contributed by atoms with E-state index in [1.807, 2.05) is 6.92 Å². The Bertz CT molecular complexity index is 437. The first kappa shape index (κ1) is 11.9. The molecule has 0 bridgehead atoms. The first-order chi connectivity index (χ1) is 7.99. The lowest BCUT2D eigenvalue weighted by Gasteiger charge is -2.16. The fourth-order valence-corrected chi connectivity index (χ4v) is 2.03. The Morgan fingerprint density at radius 1 is 1.35 bits per heavy atom. The van der Waals surface area contributed by atoms with Crippen LogP contribution in [0.3, 0.4) is 0 Å². The Labute approximate surface area is 99.5 Å². The second-order valence-corrected chi connectivity index (χ2v) is 4.42. The highest BCUT2D eigenvalue weighted by Crippen LogP contribution is 2.18. The van der Waals surface area contributed by atoms with Crippen LogP contribution in [0.25, 0.3) is 0 Å². The van der Waals surface area contributed by atoms with Crippen LogP contribution in [0.4, 0.5) is 5.69 Å². The van der Waals surface area contributed by atoms with E-state index < -0.39 is 12.2 Å². The van der Waals surface area contributed by atoms with Crippen molar-refractivity contribution in [1.29, 1.82) is 0 Å². The maximum Gasteiger partial charge on any atom is 0.254 e. The lowest BCUT2D eigenvalue weighted by Crippen LogP contribution is -2.30. The maximum atomic E-state index is 12.1. The quantitative estimate of drug-likeness (QED) is 0.587. The van der Waals surface area contributed by atoms with Gasteiger partial charge in [-0.05, 0) is 30.7 Å². The molecular formula is C12H16N2O3. The molecule has 1 fully saturated rings. The molecule has 1 heterocycles. The number of aryl methyl sites for hydroxylation is 1. The number of nitrogen functional groups attached to an aromatic ring is 1. The van der Waals surface area contributed by atoms with Crippen molar-refractivity contribution in [2.75, 3.05) is 18.8 Å². The van der Waals surface area contributed by atoms with E-state index in [-0.39, 0.29) is 19.0 Å². The van der Waals surface area contributed by atoms with Gasteiger partial charge in [0.25, 0.3) is 5.91 Å². The molecule has 0 radical (unpaired) electrons. The summed E-state index contributed by atoms with van der Waals surface area (Å²) in [5.74, 6) is -0.182. The zero-order valence-corrected chi connectivity index (χ0v) is 9.63. The van der Waals surface area contributed by atoms with Crippen LogP contribution in [0.2, 0.25) is 0 Å². The van der Waals surface area contributed by atoms with Crippen molar-refractivity contribution < 1.29 is 15.0 Å². The molecule has 5 heteroatoms. The van der Waals surface area contributed by atoms with E-state index in [0.717, 1.165) is 5.56 Å². The molecule has 1 aliphatic heterocycles. The van der Waals surface area contributed by atoms with Crippen LogP contribution in [-0.2, 0) is 0 Å². The number of hydrogen-bond donors (Lipinski definition) is 3. The molecule has 1 aromatic carbocycles. The number of β-amino-alcohol motifs (C(OH)–C–C–N with tert-alkyl or cyclic N) is 2. The molecule has 1 saturated heterocycles. The number of benzene rings is 1. The Hall–Kier alpha value is -1.59. The van der Waals surface area contributed by atoms with Gasteiger partial charge in [0.05, 0.1) is 12.2 Å². The third-order valence-corrected chi connectivity index (χ3v) is 3.03. The molecular weight excluding hydrogens is 220 g/mol. The number of hydrogen-bond acceptors (Lipinski definition) is 4. The number of nitrogens with zero attached hydrogens (tertiary/aromatic N) is 1. The van der Waals surface area contributed by atoms with Gasteiger partial charge in [0.2, 0.25) is 0 Å². The first-order valence-corrected chi connectivity index (χ1v) is 5.50. The van der Waals surface area contributed by atoms with E-state index in [1.165, 1.54) is 4.90 Å². The number of amides is 1. The third kappa shape index (κ3) is 2.25. The summed E-state index contributed by atoms with van der Waals surface area (Å²) in [4.78, 5) is 13.6. The van der Waals surface area contributed by atoms with Crippen LogP contribution in [0.15, 0.2) is 18.2 Å². The zero-order valence-electron chi connectivity index (χ0n) is 9.63. The summed E-state index contributed by atoms with van der Waals surface area (Å²) in [5, 5.41) is 18.8. The monoisotopic (exact) mass is 236 g/mol. The van der Waals surface area contributed by atoms with Gasteiger partial charge < -0.3 is 20.8 Å². The molecule has 17 heavy (non-hydrogen) atoms. The summed E-state index contributed by atoms with van der Waals surface area (Å²) in [7, 11) is 0. The van der Waals surface area contributed by atoms with Gasteiger partial charge in [-0.1, -0.05) is 0 Å². The average molecular weight is 236 g/mol. The van der Waals surface area contributed by atoms with Gasteiger partial charge in [-0.2, -0.15) is 0 Å². The molecule has 92 valence electrons. The van der Waals surface area contributed by atoms with Crippen molar-refractivity contribution in [2.24, 2.45) is 0 Å². The fraction of sp³-hybridized carbons (Fsp3) is 0.417. The highest BCUT2D eigenvalue weighted by Gasteiger charge is 2.33. The molecule has 1 aromatic rings. The van der Waals surface area contributed by atoms with E-state index >= 15 is 0 Å². The molecule has 0 unspecified atom stereocenters. The van der Waals surface area contributed by atoms with Crippen molar-refractivity contribution in [2.45, 2.75) is 19.1 Å². The molecule has 1 aliphatic rings. The molecule has 4 N–H and O–H groups in total. The number of rotatable bonds is 1. The van der Waals surface area contributed by atoms with Crippen molar-refractivity contribution >= 4 is 11.6 Å². The van der Waals surface area contributed by atoms with E-state index in [2.05, 4.69) is 0 Å². The molecule has 0 saturated carbocycles. The second-order valence-electron chi connectivity index (χ2n) is 4.42. The molecule has 0 spiro atoms. The maximum absolute atomic E-state index is 12.1. The number of carbonyl (C=O) groups excluding carboxylic acids is 1. The minimum atomic E-state index is -0.854. The summed E-state index contributed by atoms with van der Waals surface area (Å²) in [6.45, 7) is 2.15. The van der Waals surface area contributed by atoms with Gasteiger partial charge in [0.15, 0.2) is 0 Å². The number of aliphatic hydroxyl groups excluding tert-OH is 2. The van der Waals surface area contributed by atoms with Crippen molar-refractivity contribution in [1.82, 2.24) is 4.90 Å². The zero-order chi connectivity index (χ0) is 12.6. The van der Waals surface area contributed by atoms with E-state index in [1.54, 1.807) is 18.2 Å². The Kier molecular flexibility index (Phi) is 3.04. The van der Waals surface area contributed by atoms with Crippen LogP contribution in [0.5, 0.6) is 0 Å². The first-order valence-electron chi connectivity index (χ1n) is 5.50. The van der Waals surface area contributed by atoms with Crippen LogP contribution in [-0.4, -0.2) is 46.3 Å². The smallest absolute Gasteiger partial charge is 0.254 e. The summed E-state index contributed by atoms with van der Waals surface area (Å²) >= 11 is 0. The van der Waals surface area contributed by atoms with Crippen LogP contribution in [0.1, 0.15) is 15.9 Å². The Morgan fingerprint density at radius 3 is 2.47 bits per heavy atom. The van der Waals surface area contributed by atoms with Crippen LogP contribution in [0, 0.1) is 6.92 Å². The third-order valence-electron chi connectivity index (χ3n) is 3.03. The molecule has 5 nitrogen and oxygen atoms in total. The topological polar surface area (TPSA) is 86.8 Å². The normalized spacial score (nSPS) is 24.1. The van der Waals surface area contributed by atoms with Crippen molar-refractivity contribution in [3.8, 4) is 0 Å². The fourth-order valence-electron chi connectivity index (χ4n) is 2.03. The molecule has 0 aliphatic carbocycles. The molecule has 2 rings (SSSR count). The number of anilines is 1. The van der Waals surface area contributed by atoms with E-state index in [9.17, 15) is 15.0 Å². The number of nitrogens with two attached hydrogens (primary N) is 1. The predicted octanol–water partition coefficient (Wildman–Crippen LogP) is -0.245. The van der Waals surface area contributed by atoms with Gasteiger partial charge >= 0.3 is 0 Å². The Morgan fingerprint density at radius 2 is 1.94 bits per heavy atom. The molecule has 0 aromatic heterocycles. The highest BCUT2D eigenvalue weighted by atomic mass is 16.3. The van der Waals surface area contributed by atoms with Gasteiger partial charge in [0, 0.05) is 24.3 Å². The minimum absolute atomic E-state index is 0.170. The number of likely N-dealkylation sites (tertiary alicyclic amines) is 1. The van der Waals surface area contributed by atoms with Crippen LogP contribution < -0.4 is 5.73 Å². The summed E-state index contributed by atoms with van der Waals surface area (Å²) in [5.41, 5.74) is 7.59. The summed E-state index contributed by atoms with van der Waals surface area (Å²) in [6, 6.07) is 5.07. The van der Waals surface area contributed by atoms with Crippen molar-refractivity contribution in [3.63, 3.8) is 0 Å². The van der Waals surface area contributed by atoms with E-state index in [4.69, 9.17) is 5.73 Å². The van der Waals surface area contributed by atoms with Crippen molar-refractivity contribution in [3.05, 3.63) is 29.3 Å². The predicted molar refractivity (Wildman–Crippen MR) is 63.5 cm³/mol. The highest BCUT2D eigenvalue weighted by molar-refractivity contribution is 5.96. The summed E-state index contributed by atoms with van der Waals surface area (Å²) < 4.78 is 0. The van der Waals surface area contributed by atoms with Gasteiger partial charge in [-0.3, -0.25) is 4.79 Å². The van der Waals surface area contributed by atoms with Gasteiger partial charge in [-0.15, -0.1) is 0 Å². The van der Waals surface area contributed by atoms with E-state index in [0.29, 0.717) is 11.3 Å².